The number of carboxylic acids is 1. The number of halogens is 3. The van der Waals surface area contributed by atoms with Crippen molar-refractivity contribution in [2.24, 2.45) is 0 Å². The Labute approximate surface area is 127 Å². The summed E-state index contributed by atoms with van der Waals surface area (Å²) in [7, 11) is 0. The molecule has 0 atom stereocenters. The summed E-state index contributed by atoms with van der Waals surface area (Å²) in [6.45, 7) is 1.59. The number of aryl methyl sites for hydroxylation is 1. The van der Waals surface area contributed by atoms with Gasteiger partial charge in [-0.15, -0.1) is 11.8 Å². The van der Waals surface area contributed by atoms with Crippen LogP contribution in [0.1, 0.15) is 40.6 Å². The maximum Gasteiger partial charge on any atom is 0.441 e. The van der Waals surface area contributed by atoms with E-state index in [0.717, 1.165) is 24.6 Å². The summed E-state index contributed by atoms with van der Waals surface area (Å²) in [6, 6.07) is 0. The van der Waals surface area contributed by atoms with E-state index in [-0.39, 0.29) is 39.8 Å². The zero-order valence-electron chi connectivity index (χ0n) is 11.1. The van der Waals surface area contributed by atoms with Gasteiger partial charge in [0.05, 0.1) is 5.69 Å². The minimum absolute atomic E-state index is 0.0126. The number of rotatable bonds is 6. The van der Waals surface area contributed by atoms with Gasteiger partial charge in [0.1, 0.15) is 16.4 Å². The fourth-order valence-electron chi connectivity index (χ4n) is 1.74. The van der Waals surface area contributed by atoms with Crippen LogP contribution >= 0.6 is 23.5 Å². The molecule has 0 saturated heterocycles. The zero-order valence-corrected chi connectivity index (χ0v) is 12.7. The average Bonchev–Trinajstić information content (AvgIpc) is 3.16. The third kappa shape index (κ3) is 4.77. The minimum atomic E-state index is -4.27. The second kappa shape index (κ2) is 6.43. The predicted octanol–water partition coefficient (Wildman–Crippen LogP) is 3.71. The van der Waals surface area contributed by atoms with Crippen molar-refractivity contribution in [2.75, 3.05) is 11.5 Å². The first kappa shape index (κ1) is 16.4. The van der Waals surface area contributed by atoms with Crippen LogP contribution in [0.15, 0.2) is 5.03 Å². The number of hydrogen-bond acceptors (Lipinski definition) is 5. The van der Waals surface area contributed by atoms with Gasteiger partial charge in [0.2, 0.25) is 0 Å². The van der Waals surface area contributed by atoms with Crippen LogP contribution < -0.4 is 0 Å². The van der Waals surface area contributed by atoms with Crippen molar-refractivity contribution in [3.05, 3.63) is 17.1 Å². The highest BCUT2D eigenvalue weighted by molar-refractivity contribution is 8.03. The lowest BCUT2D eigenvalue weighted by Crippen LogP contribution is -2.10. The molecule has 0 bridgehead atoms. The van der Waals surface area contributed by atoms with Crippen LogP contribution in [0.2, 0.25) is 0 Å². The number of alkyl halides is 3. The van der Waals surface area contributed by atoms with Gasteiger partial charge in [-0.2, -0.15) is 13.2 Å². The van der Waals surface area contributed by atoms with Gasteiger partial charge in [0.15, 0.2) is 0 Å². The van der Waals surface area contributed by atoms with Gasteiger partial charge < -0.3 is 5.11 Å². The van der Waals surface area contributed by atoms with E-state index >= 15 is 0 Å². The molecule has 1 aromatic heterocycles. The summed E-state index contributed by atoms with van der Waals surface area (Å²) < 4.78 is 36.2. The molecular formula is C12H13F3N2O2S2. The number of thioether (sulfide) groups is 2. The summed E-state index contributed by atoms with van der Waals surface area (Å²) in [5.74, 6) is -0.292. The lowest BCUT2D eigenvalue weighted by Gasteiger charge is -2.10. The van der Waals surface area contributed by atoms with E-state index in [2.05, 4.69) is 9.97 Å². The van der Waals surface area contributed by atoms with Crippen molar-refractivity contribution < 1.29 is 23.1 Å². The topological polar surface area (TPSA) is 63.1 Å². The van der Waals surface area contributed by atoms with Gasteiger partial charge in [0.25, 0.3) is 0 Å². The zero-order chi connectivity index (χ0) is 15.6. The molecule has 2 rings (SSSR count). The molecule has 21 heavy (non-hydrogen) atoms. The molecular weight excluding hydrogens is 325 g/mol. The molecule has 1 fully saturated rings. The Bertz CT molecular complexity index is 548. The fraction of sp³-hybridized carbons (Fsp3) is 0.583. The largest absolute Gasteiger partial charge is 0.478 e. The van der Waals surface area contributed by atoms with Crippen LogP contribution in [0.25, 0.3) is 0 Å². The van der Waals surface area contributed by atoms with Crippen LogP contribution in [-0.2, 0) is 0 Å². The molecule has 1 N–H and O–H groups in total. The highest BCUT2D eigenvalue weighted by Crippen LogP contribution is 2.39. The average molecular weight is 338 g/mol. The summed E-state index contributed by atoms with van der Waals surface area (Å²) in [6.07, 6.45) is 1.94. The van der Waals surface area contributed by atoms with Crippen LogP contribution in [0.3, 0.4) is 0 Å². The van der Waals surface area contributed by atoms with Gasteiger partial charge in [-0.25, -0.2) is 14.8 Å². The second-order valence-corrected chi connectivity index (χ2v) is 6.81. The van der Waals surface area contributed by atoms with E-state index in [1.54, 1.807) is 6.92 Å². The fourth-order valence-corrected chi connectivity index (χ4v) is 3.37. The molecule has 116 valence electrons. The van der Waals surface area contributed by atoms with Gasteiger partial charge in [0, 0.05) is 17.4 Å². The summed E-state index contributed by atoms with van der Waals surface area (Å²) >= 11 is 0.919. The molecule has 1 saturated carbocycles. The van der Waals surface area contributed by atoms with Crippen molar-refractivity contribution in [1.82, 2.24) is 9.97 Å². The highest BCUT2D eigenvalue weighted by atomic mass is 32.2. The van der Waals surface area contributed by atoms with Crippen molar-refractivity contribution in [3.8, 4) is 0 Å². The van der Waals surface area contributed by atoms with E-state index in [0.29, 0.717) is 11.5 Å². The highest BCUT2D eigenvalue weighted by Gasteiger charge is 2.30. The Morgan fingerprint density at radius 3 is 2.52 bits per heavy atom. The lowest BCUT2D eigenvalue weighted by atomic mass is 10.2. The summed E-state index contributed by atoms with van der Waals surface area (Å²) in [4.78, 5) is 19.7. The predicted molar refractivity (Wildman–Crippen MR) is 74.9 cm³/mol. The van der Waals surface area contributed by atoms with Crippen LogP contribution in [-0.4, -0.2) is 38.1 Å². The van der Waals surface area contributed by atoms with Crippen molar-refractivity contribution in [2.45, 2.75) is 36.2 Å². The summed E-state index contributed by atoms with van der Waals surface area (Å²) in [5, 5.41) is 9.46. The van der Waals surface area contributed by atoms with E-state index in [1.807, 2.05) is 0 Å². The van der Waals surface area contributed by atoms with Gasteiger partial charge in [-0.05, 0) is 19.8 Å². The first-order chi connectivity index (χ1) is 9.78. The Morgan fingerprint density at radius 2 is 2.00 bits per heavy atom. The third-order valence-corrected chi connectivity index (χ3v) is 4.79. The maximum absolute atomic E-state index is 12.1. The lowest BCUT2D eigenvalue weighted by molar-refractivity contribution is -0.0326. The minimum Gasteiger partial charge on any atom is -0.478 e. The number of carboxylic acid groups (broad SMARTS) is 1. The van der Waals surface area contributed by atoms with Crippen molar-refractivity contribution in [1.29, 1.82) is 0 Å². The summed E-state index contributed by atoms with van der Waals surface area (Å²) in [5.41, 5.74) is -3.91. The van der Waals surface area contributed by atoms with Crippen LogP contribution in [0.4, 0.5) is 13.2 Å². The smallest absolute Gasteiger partial charge is 0.441 e. The van der Waals surface area contributed by atoms with E-state index < -0.39 is 11.5 Å². The quantitative estimate of drug-likeness (QED) is 0.485. The Kier molecular flexibility index (Phi) is 5.03. The SMILES string of the molecule is Cc1nc(C2CC2)nc(SCCSC(F)(F)F)c1C(=O)O. The monoisotopic (exact) mass is 338 g/mol. The van der Waals surface area contributed by atoms with E-state index in [9.17, 15) is 23.1 Å². The van der Waals surface area contributed by atoms with Crippen molar-refractivity contribution in [3.63, 3.8) is 0 Å². The Hall–Kier alpha value is -0.960. The van der Waals surface area contributed by atoms with Gasteiger partial charge in [-0.3, -0.25) is 0 Å². The number of nitrogens with zero attached hydrogens (tertiary/aromatic N) is 2. The molecule has 0 amide bonds. The first-order valence-corrected chi connectivity index (χ1v) is 8.20. The van der Waals surface area contributed by atoms with Gasteiger partial charge in [-0.1, -0.05) is 11.8 Å². The molecule has 1 aliphatic rings. The molecule has 1 aliphatic carbocycles. The molecule has 4 nitrogen and oxygen atoms in total. The third-order valence-electron chi connectivity index (χ3n) is 2.82. The molecule has 9 heteroatoms. The number of aromatic nitrogens is 2. The Morgan fingerprint density at radius 1 is 1.33 bits per heavy atom. The molecule has 1 heterocycles. The van der Waals surface area contributed by atoms with Crippen molar-refractivity contribution >= 4 is 29.5 Å². The van der Waals surface area contributed by atoms with E-state index in [4.69, 9.17) is 0 Å². The molecule has 0 radical (unpaired) electrons. The van der Waals surface area contributed by atoms with Crippen LogP contribution in [0.5, 0.6) is 0 Å². The molecule has 1 aromatic rings. The normalized spacial score (nSPS) is 15.2. The second-order valence-electron chi connectivity index (χ2n) is 4.57. The number of aromatic carboxylic acids is 1. The molecule has 0 aliphatic heterocycles. The van der Waals surface area contributed by atoms with E-state index in [1.165, 1.54) is 0 Å². The Balaban J connectivity index is 2.10. The van der Waals surface area contributed by atoms with Crippen LogP contribution in [0, 0.1) is 6.92 Å². The number of carbonyl (C=O) groups is 1. The molecule has 0 unspecified atom stereocenters. The molecule has 0 aromatic carbocycles. The standard InChI is InChI=1S/C12H13F3N2O2S2/c1-6-8(11(18)19)10(17-9(16-6)7-2-3-7)20-4-5-21-12(13,14)15/h7H,2-5H2,1H3,(H,18,19). The molecule has 0 spiro atoms. The first-order valence-electron chi connectivity index (χ1n) is 6.23. The maximum atomic E-state index is 12.1. The van der Waals surface area contributed by atoms with Gasteiger partial charge >= 0.3 is 11.5 Å². The number of hydrogen-bond donors (Lipinski definition) is 1.